The molecule has 0 saturated heterocycles. The number of ether oxygens (including phenoxy) is 1. The predicted octanol–water partition coefficient (Wildman–Crippen LogP) is 5.78. The molecular formula is C30H25F3N4O4. The second kappa shape index (κ2) is 11.8. The molecule has 210 valence electrons. The number of alkyl halides is 3. The first-order valence-corrected chi connectivity index (χ1v) is 12.8. The van der Waals surface area contributed by atoms with Crippen molar-refractivity contribution in [2.45, 2.75) is 25.6 Å². The van der Waals surface area contributed by atoms with E-state index in [0.29, 0.717) is 6.61 Å². The van der Waals surface area contributed by atoms with Crippen molar-refractivity contribution in [1.29, 1.82) is 0 Å². The van der Waals surface area contributed by atoms with E-state index in [-0.39, 0.29) is 6.61 Å². The van der Waals surface area contributed by atoms with E-state index in [1.165, 1.54) is 11.3 Å². The molecule has 8 nitrogen and oxygen atoms in total. The maximum absolute atomic E-state index is 10.6. The van der Waals surface area contributed by atoms with Gasteiger partial charge in [0.15, 0.2) is 0 Å². The average molecular weight is 563 g/mol. The molecule has 0 unspecified atom stereocenters. The number of aromatic nitrogens is 4. The molecule has 0 bridgehead atoms. The number of aliphatic hydroxyl groups excluding tert-OH is 1. The number of halogens is 3. The van der Waals surface area contributed by atoms with Crippen molar-refractivity contribution in [3.63, 3.8) is 0 Å². The van der Waals surface area contributed by atoms with Crippen molar-refractivity contribution in [3.8, 4) is 39.4 Å². The number of nitrogens with zero attached hydrogens (tertiary/aromatic N) is 4. The largest absolute Gasteiger partial charge is 0.491 e. The van der Waals surface area contributed by atoms with Gasteiger partial charge in [0.25, 0.3) is 0 Å². The van der Waals surface area contributed by atoms with Gasteiger partial charge in [0.1, 0.15) is 18.1 Å². The second-order valence-corrected chi connectivity index (χ2v) is 9.20. The number of carboxylic acid groups (broad SMARTS) is 1. The number of aliphatic hydroxyl groups is 1. The summed E-state index contributed by atoms with van der Waals surface area (Å²) in [5.74, 6) is -2.01. The van der Waals surface area contributed by atoms with Gasteiger partial charge in [0.2, 0.25) is 0 Å². The molecule has 0 atom stereocenters. The van der Waals surface area contributed by atoms with E-state index >= 15 is 0 Å². The first-order valence-electron chi connectivity index (χ1n) is 12.8. The van der Waals surface area contributed by atoms with Gasteiger partial charge < -0.3 is 14.9 Å². The maximum atomic E-state index is 10.6. The van der Waals surface area contributed by atoms with Crippen LogP contribution in [-0.4, -0.2) is 55.3 Å². The number of hydrogen-bond acceptors (Lipinski definition) is 6. The third-order valence-corrected chi connectivity index (χ3v) is 6.55. The fraction of sp³-hybridized carbons (Fsp3) is 0.200. The Bertz CT molecular complexity index is 1670. The fourth-order valence-electron chi connectivity index (χ4n) is 4.75. The molecule has 3 aromatic heterocycles. The lowest BCUT2D eigenvalue weighted by Crippen LogP contribution is -2.21. The van der Waals surface area contributed by atoms with Crippen LogP contribution < -0.4 is 4.74 Å². The number of rotatable bonds is 6. The minimum absolute atomic E-state index is 0.00307. The van der Waals surface area contributed by atoms with Crippen LogP contribution in [0, 0.1) is 0 Å². The van der Waals surface area contributed by atoms with Crippen LogP contribution in [0.2, 0.25) is 0 Å². The highest BCUT2D eigenvalue weighted by Crippen LogP contribution is 2.40. The minimum Gasteiger partial charge on any atom is -0.491 e. The zero-order chi connectivity index (χ0) is 29.0. The molecule has 0 radical (unpaired) electrons. The van der Waals surface area contributed by atoms with Gasteiger partial charge in [0.05, 0.1) is 17.8 Å². The highest BCUT2D eigenvalue weighted by Gasteiger charge is 2.38. The van der Waals surface area contributed by atoms with Gasteiger partial charge in [-0.15, -0.1) is 0 Å². The number of pyridine rings is 2. The van der Waals surface area contributed by atoms with E-state index in [0.717, 1.165) is 64.1 Å². The van der Waals surface area contributed by atoms with Gasteiger partial charge in [0, 0.05) is 35.6 Å². The summed E-state index contributed by atoms with van der Waals surface area (Å²) in [5, 5.41) is 22.1. The van der Waals surface area contributed by atoms with E-state index in [2.05, 4.69) is 33.9 Å². The van der Waals surface area contributed by atoms with Crippen LogP contribution in [0.1, 0.15) is 12.1 Å². The Morgan fingerprint density at radius 3 is 2.41 bits per heavy atom. The van der Waals surface area contributed by atoms with Gasteiger partial charge in [-0.25, -0.2) is 4.79 Å². The molecule has 11 heteroatoms. The number of benzene rings is 2. The quantitative estimate of drug-likeness (QED) is 0.270. The summed E-state index contributed by atoms with van der Waals surface area (Å²) in [6.45, 7) is 1.24. The zero-order valence-electron chi connectivity index (χ0n) is 21.7. The van der Waals surface area contributed by atoms with Crippen LogP contribution in [-0.2, 0) is 17.8 Å². The highest BCUT2D eigenvalue weighted by atomic mass is 19.4. The third kappa shape index (κ3) is 6.04. The van der Waals surface area contributed by atoms with Gasteiger partial charge >= 0.3 is 12.1 Å². The zero-order valence-corrected chi connectivity index (χ0v) is 21.7. The Labute approximate surface area is 232 Å². The van der Waals surface area contributed by atoms with Crippen molar-refractivity contribution in [1.82, 2.24) is 19.7 Å². The Kier molecular flexibility index (Phi) is 7.97. The monoisotopic (exact) mass is 562 g/mol. The summed E-state index contributed by atoms with van der Waals surface area (Å²) in [7, 11) is 0. The molecule has 1 aliphatic rings. The Morgan fingerprint density at radius 2 is 1.73 bits per heavy atom. The average Bonchev–Trinajstić information content (AvgIpc) is 3.58. The summed E-state index contributed by atoms with van der Waals surface area (Å²) in [6.07, 6.45) is 0.750. The maximum Gasteiger partial charge on any atom is 0.490 e. The predicted molar refractivity (Wildman–Crippen MR) is 146 cm³/mol. The number of hydrogen-bond donors (Lipinski definition) is 2. The number of aryl methyl sites for hydroxylation is 1. The lowest BCUT2D eigenvalue weighted by atomic mass is 9.95. The van der Waals surface area contributed by atoms with E-state index in [1.54, 1.807) is 0 Å². The SMILES string of the molecule is O=C(O)C(F)(F)F.OCCOc1ccc(-c2ccc3c(-c4c(-c5ccccn5)nn5c4CCC5)ccnc3c2)cc1. The Balaban J connectivity index is 0.000000431. The normalized spacial score (nSPS) is 12.5. The molecular weight excluding hydrogens is 537 g/mol. The number of carbonyl (C=O) groups is 1. The molecule has 0 spiro atoms. The van der Waals surface area contributed by atoms with E-state index in [1.807, 2.05) is 54.9 Å². The minimum atomic E-state index is -5.08. The molecule has 1 aliphatic heterocycles. The summed E-state index contributed by atoms with van der Waals surface area (Å²) in [6, 6.07) is 22.4. The molecule has 6 rings (SSSR count). The number of carboxylic acids is 1. The van der Waals surface area contributed by atoms with Crippen molar-refractivity contribution < 1.29 is 32.9 Å². The van der Waals surface area contributed by atoms with Crippen LogP contribution in [0.4, 0.5) is 13.2 Å². The molecule has 2 aromatic carbocycles. The number of aliphatic carboxylic acids is 1. The van der Waals surface area contributed by atoms with E-state index < -0.39 is 12.1 Å². The summed E-state index contributed by atoms with van der Waals surface area (Å²) in [5.41, 5.74) is 8.54. The molecule has 0 amide bonds. The van der Waals surface area contributed by atoms with Crippen molar-refractivity contribution in [2.75, 3.05) is 13.2 Å². The smallest absolute Gasteiger partial charge is 0.490 e. The lowest BCUT2D eigenvalue weighted by Gasteiger charge is -2.11. The van der Waals surface area contributed by atoms with Gasteiger partial charge in [-0.05, 0) is 65.9 Å². The Hall–Kier alpha value is -4.77. The van der Waals surface area contributed by atoms with Gasteiger partial charge in [-0.1, -0.05) is 30.3 Å². The van der Waals surface area contributed by atoms with E-state index in [4.69, 9.17) is 29.8 Å². The summed E-state index contributed by atoms with van der Waals surface area (Å²) in [4.78, 5) is 18.2. The molecule has 4 heterocycles. The third-order valence-electron chi connectivity index (χ3n) is 6.55. The van der Waals surface area contributed by atoms with Crippen molar-refractivity contribution >= 4 is 16.9 Å². The van der Waals surface area contributed by atoms with Crippen LogP contribution in [0.5, 0.6) is 5.75 Å². The first-order chi connectivity index (χ1) is 19.8. The molecule has 0 fully saturated rings. The fourth-order valence-corrected chi connectivity index (χ4v) is 4.75. The topological polar surface area (TPSA) is 110 Å². The Morgan fingerprint density at radius 1 is 0.976 bits per heavy atom. The molecule has 0 aliphatic carbocycles. The van der Waals surface area contributed by atoms with Gasteiger partial charge in [-0.3, -0.25) is 14.6 Å². The number of fused-ring (bicyclic) bond motifs is 2. The highest BCUT2D eigenvalue weighted by molar-refractivity contribution is 6.00. The van der Waals surface area contributed by atoms with Crippen LogP contribution in [0.15, 0.2) is 79.1 Å². The molecule has 5 aromatic rings. The van der Waals surface area contributed by atoms with Crippen LogP contribution >= 0.6 is 0 Å². The standard InChI is InChI=1S/C28H24N4O2.C2HF3O2/c33-16-17-34-21-9-6-19(7-10-21)20-8-11-22-23(12-14-30-25(22)18-20)27-26-5-3-15-32(26)31-28(27)24-4-1-2-13-29-24;3-2(4,5)1(6)7/h1-2,4,6-14,18,33H,3,5,15-17H2;(H,6,7). The van der Waals surface area contributed by atoms with Crippen molar-refractivity contribution in [2.24, 2.45) is 0 Å². The molecule has 0 saturated carbocycles. The van der Waals surface area contributed by atoms with Gasteiger partial charge in [-0.2, -0.15) is 18.3 Å². The first kappa shape index (κ1) is 27.8. The molecule has 2 N–H and O–H groups in total. The van der Waals surface area contributed by atoms with Crippen LogP contribution in [0.25, 0.3) is 44.5 Å². The van der Waals surface area contributed by atoms with Crippen molar-refractivity contribution in [3.05, 3.63) is 84.8 Å². The van der Waals surface area contributed by atoms with Crippen LogP contribution in [0.3, 0.4) is 0 Å². The summed E-state index contributed by atoms with van der Waals surface area (Å²) < 4.78 is 39.4. The lowest BCUT2D eigenvalue weighted by molar-refractivity contribution is -0.192. The second-order valence-electron chi connectivity index (χ2n) is 9.20. The molecule has 41 heavy (non-hydrogen) atoms. The summed E-state index contributed by atoms with van der Waals surface area (Å²) >= 11 is 0. The van der Waals surface area contributed by atoms with E-state index in [9.17, 15) is 13.2 Å².